The number of anilines is 1. The van der Waals surface area contributed by atoms with Crippen LogP contribution in [-0.2, 0) is 27.8 Å². The van der Waals surface area contributed by atoms with Gasteiger partial charge in [0.25, 0.3) is 5.91 Å². The highest BCUT2D eigenvalue weighted by Crippen LogP contribution is 2.16. The van der Waals surface area contributed by atoms with Gasteiger partial charge in [-0.25, -0.2) is 22.5 Å². The fourth-order valence-corrected chi connectivity index (χ4v) is 4.49. The zero-order valence-corrected chi connectivity index (χ0v) is 20.3. The number of aromatic nitrogens is 2. The average molecular weight is 522 g/mol. The quantitative estimate of drug-likeness (QED) is 0.255. The molecule has 4 N–H and O–H groups in total. The third-order valence-electron chi connectivity index (χ3n) is 5.45. The molecule has 0 aliphatic heterocycles. The lowest BCUT2D eigenvalue weighted by molar-refractivity contribution is -0.118. The molecule has 1 heterocycles. The summed E-state index contributed by atoms with van der Waals surface area (Å²) in [6, 6.07) is 18.9. The molecular weight excluding hydrogens is 497 g/mol. The maximum atomic E-state index is 13.2. The van der Waals surface area contributed by atoms with E-state index in [1.807, 2.05) is 30.3 Å². The molecule has 0 spiro atoms. The molecular formula is C26H24FN5O4S. The summed E-state index contributed by atoms with van der Waals surface area (Å²) in [6.45, 7) is 0.0513. The third kappa shape index (κ3) is 7.09. The van der Waals surface area contributed by atoms with Crippen LogP contribution in [0, 0.1) is 5.82 Å². The first kappa shape index (κ1) is 25.7. The second kappa shape index (κ2) is 11.6. The lowest BCUT2D eigenvalue weighted by atomic mass is 10.0. The van der Waals surface area contributed by atoms with E-state index in [1.165, 1.54) is 61.1 Å². The molecule has 0 radical (unpaired) electrons. The van der Waals surface area contributed by atoms with Crippen LogP contribution < -0.4 is 15.4 Å². The number of hydrogen-bond donors (Lipinski definition) is 4. The van der Waals surface area contributed by atoms with Gasteiger partial charge >= 0.3 is 0 Å². The summed E-state index contributed by atoms with van der Waals surface area (Å²) in [5.74, 6) is -1.50. The Bertz CT molecular complexity index is 1440. The molecule has 0 aliphatic rings. The molecule has 0 bridgehead atoms. The first-order chi connectivity index (χ1) is 17.8. The molecule has 1 aromatic heterocycles. The topological polar surface area (TPSA) is 133 Å². The Morgan fingerprint density at radius 3 is 2.30 bits per heavy atom. The van der Waals surface area contributed by atoms with Crippen molar-refractivity contribution in [3.8, 4) is 0 Å². The van der Waals surface area contributed by atoms with Crippen LogP contribution in [0.3, 0.4) is 0 Å². The molecule has 0 saturated heterocycles. The Kier molecular flexibility index (Phi) is 8.06. The number of sulfonamides is 1. The highest BCUT2D eigenvalue weighted by molar-refractivity contribution is 7.89. The lowest BCUT2D eigenvalue weighted by Gasteiger charge is -2.19. The van der Waals surface area contributed by atoms with Crippen LogP contribution in [0.25, 0.3) is 0 Å². The second-order valence-electron chi connectivity index (χ2n) is 8.14. The number of aromatic amines is 1. The first-order valence-corrected chi connectivity index (χ1v) is 12.8. The molecule has 190 valence electrons. The van der Waals surface area contributed by atoms with Crippen molar-refractivity contribution >= 4 is 27.5 Å². The largest absolute Gasteiger partial charge is 0.347 e. The van der Waals surface area contributed by atoms with Gasteiger partial charge in [-0.05, 0) is 54.1 Å². The molecule has 37 heavy (non-hydrogen) atoms. The van der Waals surface area contributed by atoms with E-state index in [4.69, 9.17) is 0 Å². The standard InChI is InChI=1S/C26H24FN5O4S/c27-20-8-6-19(7-9-20)25(33)32-24(14-18-4-2-1-3-5-18)26(34)31-21-10-12-23(13-11-21)37(35,36)30-16-22-15-28-17-29-22/h1-13,15,17,24,30H,14,16H2,(H,28,29)(H,31,34)(H,32,33)/t24-/m0/s1. The summed E-state index contributed by atoms with van der Waals surface area (Å²) < 4.78 is 40.8. The SMILES string of the molecule is O=C(N[C@@H](Cc1ccccc1)C(=O)Nc1ccc(S(=O)(=O)NCc2cnc[nH]2)cc1)c1ccc(F)cc1. The molecule has 9 nitrogen and oxygen atoms in total. The Morgan fingerprint density at radius 2 is 1.65 bits per heavy atom. The summed E-state index contributed by atoms with van der Waals surface area (Å²) in [5, 5.41) is 5.42. The van der Waals surface area contributed by atoms with Crippen molar-refractivity contribution in [1.82, 2.24) is 20.0 Å². The zero-order valence-electron chi connectivity index (χ0n) is 19.5. The molecule has 0 fully saturated rings. The number of amides is 2. The van der Waals surface area contributed by atoms with Crippen LogP contribution in [0.2, 0.25) is 0 Å². The van der Waals surface area contributed by atoms with Crippen molar-refractivity contribution in [3.63, 3.8) is 0 Å². The van der Waals surface area contributed by atoms with E-state index in [2.05, 4.69) is 25.3 Å². The molecule has 4 rings (SSSR count). The summed E-state index contributed by atoms with van der Waals surface area (Å²) in [5.41, 5.74) is 2.00. The van der Waals surface area contributed by atoms with Gasteiger partial charge in [-0.3, -0.25) is 9.59 Å². The number of H-pyrrole nitrogens is 1. The molecule has 3 aromatic carbocycles. The van der Waals surface area contributed by atoms with Crippen molar-refractivity contribution in [3.05, 3.63) is 114 Å². The number of rotatable bonds is 10. The van der Waals surface area contributed by atoms with Gasteiger partial charge in [0, 0.05) is 29.6 Å². The Labute approximate surface area is 213 Å². The maximum absolute atomic E-state index is 13.2. The number of halogens is 1. The fourth-order valence-electron chi connectivity index (χ4n) is 3.49. The second-order valence-corrected chi connectivity index (χ2v) is 9.90. The van der Waals surface area contributed by atoms with Crippen molar-refractivity contribution in [1.29, 1.82) is 0 Å². The van der Waals surface area contributed by atoms with Gasteiger partial charge in [-0.1, -0.05) is 30.3 Å². The van der Waals surface area contributed by atoms with Crippen LogP contribution in [-0.4, -0.2) is 36.2 Å². The van der Waals surface area contributed by atoms with E-state index in [9.17, 15) is 22.4 Å². The van der Waals surface area contributed by atoms with Gasteiger partial charge in [0.05, 0.1) is 17.8 Å². The number of carbonyl (C=O) groups excluding carboxylic acids is 2. The van der Waals surface area contributed by atoms with Crippen molar-refractivity contribution < 1.29 is 22.4 Å². The predicted molar refractivity (Wildman–Crippen MR) is 135 cm³/mol. The van der Waals surface area contributed by atoms with E-state index in [-0.39, 0.29) is 23.4 Å². The van der Waals surface area contributed by atoms with Crippen LogP contribution in [0.4, 0.5) is 10.1 Å². The van der Waals surface area contributed by atoms with Gasteiger partial charge in [-0.2, -0.15) is 0 Å². The van der Waals surface area contributed by atoms with Crippen molar-refractivity contribution in [2.45, 2.75) is 23.9 Å². The Hall–Kier alpha value is -4.35. The minimum atomic E-state index is -3.78. The predicted octanol–water partition coefficient (Wildman–Crippen LogP) is 3.01. The lowest BCUT2D eigenvalue weighted by Crippen LogP contribution is -2.45. The van der Waals surface area contributed by atoms with E-state index in [0.717, 1.165) is 5.56 Å². The van der Waals surface area contributed by atoms with Gasteiger partial charge in [0.15, 0.2) is 0 Å². The van der Waals surface area contributed by atoms with Crippen LogP contribution in [0.15, 0.2) is 96.3 Å². The molecule has 4 aromatic rings. The average Bonchev–Trinajstić information content (AvgIpc) is 3.42. The molecule has 0 saturated carbocycles. The highest BCUT2D eigenvalue weighted by atomic mass is 32.2. The zero-order chi connectivity index (χ0) is 26.3. The number of imidazole rings is 1. The van der Waals surface area contributed by atoms with E-state index < -0.39 is 33.7 Å². The van der Waals surface area contributed by atoms with Gasteiger partial charge in [0.2, 0.25) is 15.9 Å². The molecule has 2 amide bonds. The normalized spacial score (nSPS) is 12.0. The Morgan fingerprint density at radius 1 is 0.946 bits per heavy atom. The summed E-state index contributed by atoms with van der Waals surface area (Å²) >= 11 is 0. The van der Waals surface area contributed by atoms with Crippen LogP contribution in [0.1, 0.15) is 21.6 Å². The minimum absolute atomic E-state index is 0.0236. The molecule has 11 heteroatoms. The van der Waals surface area contributed by atoms with Crippen molar-refractivity contribution in [2.24, 2.45) is 0 Å². The third-order valence-corrected chi connectivity index (χ3v) is 6.87. The minimum Gasteiger partial charge on any atom is -0.347 e. The van der Waals surface area contributed by atoms with Gasteiger partial charge < -0.3 is 15.6 Å². The van der Waals surface area contributed by atoms with Gasteiger partial charge in [-0.15, -0.1) is 0 Å². The summed E-state index contributed by atoms with van der Waals surface area (Å²) in [6.07, 6.45) is 3.18. The Balaban J connectivity index is 1.45. The van der Waals surface area contributed by atoms with E-state index in [1.54, 1.807) is 0 Å². The number of nitrogens with one attached hydrogen (secondary N) is 4. The fraction of sp³-hybridized carbons (Fsp3) is 0.115. The monoisotopic (exact) mass is 521 g/mol. The molecule has 0 unspecified atom stereocenters. The molecule has 0 aliphatic carbocycles. The summed E-state index contributed by atoms with van der Waals surface area (Å²) in [4.78, 5) is 32.5. The van der Waals surface area contributed by atoms with Crippen molar-refractivity contribution in [2.75, 3.05) is 5.32 Å². The van der Waals surface area contributed by atoms with Crippen LogP contribution >= 0.6 is 0 Å². The summed E-state index contributed by atoms with van der Waals surface area (Å²) in [7, 11) is -3.78. The van der Waals surface area contributed by atoms with E-state index >= 15 is 0 Å². The first-order valence-electron chi connectivity index (χ1n) is 11.3. The molecule has 1 atom stereocenters. The number of benzene rings is 3. The van der Waals surface area contributed by atoms with Crippen LogP contribution in [0.5, 0.6) is 0 Å². The number of carbonyl (C=O) groups is 2. The van der Waals surface area contributed by atoms with Gasteiger partial charge in [0.1, 0.15) is 11.9 Å². The smallest absolute Gasteiger partial charge is 0.251 e. The number of hydrogen-bond acceptors (Lipinski definition) is 5. The highest BCUT2D eigenvalue weighted by Gasteiger charge is 2.23. The number of nitrogens with zero attached hydrogens (tertiary/aromatic N) is 1. The maximum Gasteiger partial charge on any atom is 0.251 e. The van der Waals surface area contributed by atoms with E-state index in [0.29, 0.717) is 11.4 Å².